The van der Waals surface area contributed by atoms with Gasteiger partial charge in [0.05, 0.1) is 10.4 Å². The lowest BCUT2D eigenvalue weighted by molar-refractivity contribution is 0.497. The van der Waals surface area contributed by atoms with E-state index in [0.29, 0.717) is 5.54 Å². The molecule has 7 rings (SSSR count). The molecular weight excluding hydrogens is 603 g/mol. The Hall–Kier alpha value is -3.53. The van der Waals surface area contributed by atoms with Crippen LogP contribution in [0.15, 0.2) is 85.1 Å². The summed E-state index contributed by atoms with van der Waals surface area (Å²) >= 11 is 2.08. The Balaban J connectivity index is 1.58. The fraction of sp³-hybridized carbons (Fsp3) is 0.341. The third-order valence-electron chi connectivity index (χ3n) is 10.7. The third-order valence-corrected chi connectivity index (χ3v) is 18.4. The average Bonchev–Trinajstić information content (AvgIpc) is 3.36. The molecule has 1 fully saturated rings. The molecule has 1 aliphatic carbocycles. The van der Waals surface area contributed by atoms with Crippen molar-refractivity contribution >= 4 is 55.1 Å². The van der Waals surface area contributed by atoms with Crippen LogP contribution in [0.4, 0.5) is 0 Å². The van der Waals surface area contributed by atoms with Gasteiger partial charge in [-0.2, -0.15) is 0 Å². The predicted octanol–water partition coefficient (Wildman–Crippen LogP) is 10.8. The van der Waals surface area contributed by atoms with Crippen LogP contribution in [0.1, 0.15) is 86.3 Å². The lowest BCUT2D eigenvalue weighted by Gasteiger charge is -2.42. The van der Waals surface area contributed by atoms with Crippen molar-refractivity contribution in [1.29, 1.82) is 0 Å². The number of pyridine rings is 1. The molecule has 4 aromatic carbocycles. The number of fused-ring (bicyclic) bond motifs is 2. The van der Waals surface area contributed by atoms with Gasteiger partial charge in [0.15, 0.2) is 8.07 Å². The van der Waals surface area contributed by atoms with E-state index in [0.717, 1.165) is 5.69 Å². The van der Waals surface area contributed by atoms with Crippen LogP contribution in [0, 0.1) is 34.6 Å². The zero-order valence-electron chi connectivity index (χ0n) is 29.6. The Morgan fingerprint density at radius 2 is 1.28 bits per heavy atom. The summed E-state index contributed by atoms with van der Waals surface area (Å²) in [4.78, 5) is 5.18. The van der Waals surface area contributed by atoms with Crippen molar-refractivity contribution in [1.82, 2.24) is 4.98 Å². The second-order valence-electron chi connectivity index (χ2n) is 15.5. The van der Waals surface area contributed by atoms with E-state index >= 15 is 0 Å². The first kappa shape index (κ1) is 32.0. The van der Waals surface area contributed by atoms with E-state index in [9.17, 15) is 0 Å². The lowest BCUT2D eigenvalue weighted by Crippen LogP contribution is -2.70. The molecule has 240 valence electrons. The summed E-state index contributed by atoms with van der Waals surface area (Å²) in [5.74, 6) is 0. The molecular formula is C44H49NSSi. The molecule has 1 aliphatic rings. The largest absolute Gasteiger partial charge is 0.255 e. The fourth-order valence-corrected chi connectivity index (χ4v) is 18.0. The lowest BCUT2D eigenvalue weighted by atomic mass is 9.82. The molecule has 0 saturated heterocycles. The zero-order valence-corrected chi connectivity index (χ0v) is 31.4. The van der Waals surface area contributed by atoms with Gasteiger partial charge in [-0.15, -0.1) is 11.3 Å². The van der Waals surface area contributed by atoms with E-state index in [4.69, 9.17) is 4.98 Å². The maximum absolute atomic E-state index is 5.18. The number of nitrogens with zero attached hydrogens (tertiary/aromatic N) is 1. The molecule has 0 radical (unpaired) electrons. The van der Waals surface area contributed by atoms with Gasteiger partial charge in [-0.1, -0.05) is 136 Å². The number of thiophene rings is 1. The van der Waals surface area contributed by atoms with Crippen LogP contribution < -0.4 is 14.9 Å². The summed E-state index contributed by atoms with van der Waals surface area (Å²) in [5.41, 5.74) is 11.4. The Kier molecular flexibility index (Phi) is 8.29. The summed E-state index contributed by atoms with van der Waals surface area (Å²) in [6.07, 6.45) is 8.70. The Morgan fingerprint density at radius 1 is 0.681 bits per heavy atom. The van der Waals surface area contributed by atoms with Gasteiger partial charge >= 0.3 is 0 Å². The van der Waals surface area contributed by atoms with E-state index in [-0.39, 0.29) is 5.41 Å². The number of rotatable bonds is 5. The Morgan fingerprint density at radius 3 is 1.87 bits per heavy atom. The van der Waals surface area contributed by atoms with Gasteiger partial charge in [0, 0.05) is 16.3 Å². The first-order chi connectivity index (χ1) is 22.5. The quantitative estimate of drug-likeness (QED) is 0.169. The first-order valence-electron chi connectivity index (χ1n) is 17.6. The molecule has 0 N–H and O–H groups in total. The highest BCUT2D eigenvalue weighted by atomic mass is 32.1. The van der Waals surface area contributed by atoms with Gasteiger partial charge < -0.3 is 0 Å². The highest BCUT2D eigenvalue weighted by molar-refractivity contribution is 7.37. The minimum absolute atomic E-state index is 0.0230. The minimum Gasteiger partial charge on any atom is -0.255 e. The molecule has 0 atom stereocenters. The highest BCUT2D eigenvalue weighted by Crippen LogP contribution is 2.43. The molecule has 0 amide bonds. The van der Waals surface area contributed by atoms with Crippen LogP contribution in [0.5, 0.6) is 0 Å². The molecule has 6 aromatic rings. The molecule has 2 aromatic heterocycles. The molecule has 0 bridgehead atoms. The summed E-state index contributed by atoms with van der Waals surface area (Å²) in [6, 6.07) is 30.9. The van der Waals surface area contributed by atoms with E-state index in [1.54, 1.807) is 14.9 Å². The number of aryl methyl sites for hydroxylation is 5. The van der Waals surface area contributed by atoms with E-state index in [1.807, 2.05) is 0 Å². The summed E-state index contributed by atoms with van der Waals surface area (Å²) in [7, 11) is -2.49. The Labute approximate surface area is 287 Å². The molecule has 0 spiro atoms. The number of aromatic nitrogens is 1. The first-order valence-corrected chi connectivity index (χ1v) is 20.5. The van der Waals surface area contributed by atoms with Gasteiger partial charge in [0.2, 0.25) is 0 Å². The average molecular weight is 652 g/mol. The van der Waals surface area contributed by atoms with Crippen molar-refractivity contribution in [3.05, 3.63) is 118 Å². The minimum atomic E-state index is -2.49. The monoisotopic (exact) mass is 651 g/mol. The van der Waals surface area contributed by atoms with Gasteiger partial charge in [-0.25, -0.2) is 0 Å². The van der Waals surface area contributed by atoms with Gasteiger partial charge in [0.1, 0.15) is 0 Å². The van der Waals surface area contributed by atoms with Crippen LogP contribution >= 0.6 is 11.3 Å². The predicted molar refractivity (Wildman–Crippen MR) is 209 cm³/mol. The van der Waals surface area contributed by atoms with E-state index in [2.05, 4.69) is 152 Å². The highest BCUT2D eigenvalue weighted by Gasteiger charge is 2.49. The maximum atomic E-state index is 5.18. The van der Waals surface area contributed by atoms with Crippen LogP contribution in [-0.2, 0) is 5.41 Å². The van der Waals surface area contributed by atoms with E-state index < -0.39 is 8.07 Å². The van der Waals surface area contributed by atoms with Crippen LogP contribution in [0.2, 0.25) is 5.54 Å². The smallest absolute Gasteiger partial charge is 0.164 e. The molecule has 47 heavy (non-hydrogen) atoms. The van der Waals surface area contributed by atoms with Gasteiger partial charge in [-0.3, -0.25) is 4.98 Å². The molecule has 3 heteroatoms. The molecule has 1 nitrogen and oxygen atoms in total. The van der Waals surface area contributed by atoms with Crippen molar-refractivity contribution in [3.8, 4) is 11.3 Å². The van der Waals surface area contributed by atoms with Crippen molar-refractivity contribution in [2.75, 3.05) is 0 Å². The Bertz CT molecular complexity index is 2030. The summed E-state index contributed by atoms with van der Waals surface area (Å²) in [5, 5.41) is 7.20. The summed E-state index contributed by atoms with van der Waals surface area (Å²) < 4.78 is 2.98. The SMILES string of the molecule is Cc1cc(C)cc([Si](c2cc(C)cc(C)c2)(c2sc3c(-c4cc(C(C)(C)C)c5ccccc5c4)nccc3c2C)C2CCCCC2)c1. The van der Waals surface area contributed by atoms with Crippen LogP contribution in [-0.4, -0.2) is 13.1 Å². The second kappa shape index (κ2) is 12.2. The molecule has 2 heterocycles. The van der Waals surface area contributed by atoms with Crippen LogP contribution in [0.25, 0.3) is 32.1 Å². The van der Waals surface area contributed by atoms with Gasteiger partial charge in [-0.05, 0) is 101 Å². The fourth-order valence-electron chi connectivity index (χ4n) is 8.82. The number of benzene rings is 4. The maximum Gasteiger partial charge on any atom is 0.164 e. The van der Waals surface area contributed by atoms with E-state index in [1.165, 1.54) is 91.9 Å². The second-order valence-corrected chi connectivity index (χ2v) is 21.0. The van der Waals surface area contributed by atoms with Crippen LogP contribution in [0.3, 0.4) is 0 Å². The van der Waals surface area contributed by atoms with Crippen molar-refractivity contribution < 1.29 is 0 Å². The normalized spacial score (nSPS) is 14.7. The third kappa shape index (κ3) is 5.60. The van der Waals surface area contributed by atoms with Gasteiger partial charge in [0.25, 0.3) is 0 Å². The summed E-state index contributed by atoms with van der Waals surface area (Å²) in [6.45, 7) is 18.6. The standard InChI is InChI=1S/C44H49NSSi/c1-28-20-29(2)23-36(22-28)47(35-15-10-9-11-16-35,37-24-30(3)21-31(4)25-37)43-32(5)38-18-19-45-41(42(38)46-43)34-26-33-14-12-13-17-39(33)40(27-34)44(6,7)8/h12-14,17-27,35H,9-11,15-16H2,1-8H3. The molecule has 0 aliphatic heterocycles. The van der Waals surface area contributed by atoms with Crippen molar-refractivity contribution in [3.63, 3.8) is 0 Å². The van der Waals surface area contributed by atoms with Crippen molar-refractivity contribution in [2.45, 2.75) is 98.5 Å². The zero-order chi connectivity index (χ0) is 33.1. The molecule has 1 saturated carbocycles. The number of hydrogen-bond acceptors (Lipinski definition) is 2. The molecule has 0 unspecified atom stereocenters. The topological polar surface area (TPSA) is 12.9 Å². The number of hydrogen-bond donors (Lipinski definition) is 0. The van der Waals surface area contributed by atoms with Crippen molar-refractivity contribution in [2.24, 2.45) is 0 Å².